The average molecular weight is 390 g/mol. The summed E-state index contributed by atoms with van der Waals surface area (Å²) in [5.74, 6) is -0.665. The van der Waals surface area contributed by atoms with Crippen LogP contribution in [0.1, 0.15) is 0 Å². The van der Waals surface area contributed by atoms with Gasteiger partial charge in [-0.25, -0.2) is 21.2 Å². The molecule has 1 aliphatic heterocycles. The fraction of sp³-hybridized carbons (Fsp3) is 0.200. The van der Waals surface area contributed by atoms with Crippen LogP contribution >= 0.6 is 11.6 Å². The number of sulfone groups is 1. The monoisotopic (exact) mass is 389 g/mol. The molecule has 2 aromatic carbocycles. The molecule has 0 saturated carbocycles. The Hall–Kier alpha value is -1.48. The molecule has 3 rings (SSSR count). The molecule has 0 aromatic heterocycles. The minimum Gasteiger partial charge on any atom is -0.223 e. The van der Waals surface area contributed by atoms with Crippen molar-refractivity contribution in [1.29, 1.82) is 0 Å². The number of halogens is 2. The summed E-state index contributed by atoms with van der Waals surface area (Å²) < 4.78 is 63.9. The maximum Gasteiger partial charge on any atom is 0.243 e. The number of hydrogen-bond acceptors (Lipinski definition) is 4. The van der Waals surface area contributed by atoms with Crippen LogP contribution in [0.3, 0.4) is 0 Å². The van der Waals surface area contributed by atoms with Gasteiger partial charge in [-0.15, -0.1) is 0 Å². The molecular formula is C15H13ClFNO4S2. The lowest BCUT2D eigenvalue weighted by Gasteiger charge is -2.37. The molecule has 2 aromatic rings. The van der Waals surface area contributed by atoms with E-state index in [1.54, 1.807) is 0 Å². The summed E-state index contributed by atoms with van der Waals surface area (Å²) in [6.07, 6.45) is 0. The smallest absolute Gasteiger partial charge is 0.223 e. The number of sulfonamides is 1. The van der Waals surface area contributed by atoms with Crippen LogP contribution in [0.4, 0.5) is 4.39 Å². The average Bonchev–Trinajstić information content (AvgIpc) is 2.45. The van der Waals surface area contributed by atoms with Gasteiger partial charge in [0.25, 0.3) is 0 Å². The highest BCUT2D eigenvalue weighted by Gasteiger charge is 2.44. The van der Waals surface area contributed by atoms with E-state index in [0.717, 1.165) is 16.4 Å². The standard InChI is InChI=1S/C15H13ClFNO4S2/c16-11-4-6-13(7-5-11)23(19,20)15-9-18(10-15)24(21,22)14-3-1-2-12(17)8-14/h1-8,15H,9-10H2. The fourth-order valence-corrected chi connectivity index (χ4v) is 5.92. The fourth-order valence-electron chi connectivity index (χ4n) is 2.39. The SMILES string of the molecule is O=S(=O)(c1ccc(Cl)cc1)C1CN(S(=O)(=O)c2cccc(F)c2)C1. The predicted molar refractivity (Wildman–Crippen MR) is 87.6 cm³/mol. The molecule has 128 valence electrons. The van der Waals surface area contributed by atoms with E-state index in [-0.39, 0.29) is 22.9 Å². The van der Waals surface area contributed by atoms with E-state index in [2.05, 4.69) is 0 Å². The molecular weight excluding hydrogens is 377 g/mol. The van der Waals surface area contributed by atoms with Crippen LogP contribution in [0.2, 0.25) is 5.02 Å². The van der Waals surface area contributed by atoms with E-state index in [1.165, 1.54) is 36.4 Å². The van der Waals surface area contributed by atoms with Crippen molar-refractivity contribution < 1.29 is 21.2 Å². The zero-order valence-electron chi connectivity index (χ0n) is 12.3. The number of benzene rings is 2. The summed E-state index contributed by atoms with van der Waals surface area (Å²) in [4.78, 5) is -0.0930. The van der Waals surface area contributed by atoms with Gasteiger partial charge in [-0.05, 0) is 42.5 Å². The topological polar surface area (TPSA) is 71.5 Å². The lowest BCUT2D eigenvalue weighted by molar-refractivity contribution is 0.309. The minimum atomic E-state index is -3.90. The molecule has 1 heterocycles. The second-order valence-corrected chi connectivity index (χ2v) is 10.0. The van der Waals surface area contributed by atoms with Crippen molar-refractivity contribution in [1.82, 2.24) is 4.31 Å². The van der Waals surface area contributed by atoms with Crippen LogP contribution in [0.25, 0.3) is 0 Å². The first-order valence-electron chi connectivity index (χ1n) is 6.96. The lowest BCUT2D eigenvalue weighted by Crippen LogP contribution is -2.56. The van der Waals surface area contributed by atoms with Gasteiger partial charge in [0, 0.05) is 18.1 Å². The number of nitrogens with zero attached hydrogens (tertiary/aromatic N) is 1. The van der Waals surface area contributed by atoms with Crippen molar-refractivity contribution in [3.8, 4) is 0 Å². The first-order valence-corrected chi connectivity index (χ1v) is 10.3. The van der Waals surface area contributed by atoms with Gasteiger partial charge in [0.1, 0.15) is 5.82 Å². The molecule has 1 aliphatic rings. The van der Waals surface area contributed by atoms with E-state index in [4.69, 9.17) is 11.6 Å². The van der Waals surface area contributed by atoms with E-state index < -0.39 is 30.9 Å². The van der Waals surface area contributed by atoms with Crippen molar-refractivity contribution >= 4 is 31.5 Å². The maximum absolute atomic E-state index is 13.2. The quantitative estimate of drug-likeness (QED) is 0.804. The highest BCUT2D eigenvalue weighted by atomic mass is 35.5. The van der Waals surface area contributed by atoms with Gasteiger partial charge < -0.3 is 0 Å². The van der Waals surface area contributed by atoms with E-state index >= 15 is 0 Å². The minimum absolute atomic E-state index is 0.0969. The molecule has 1 fully saturated rings. The van der Waals surface area contributed by atoms with Gasteiger partial charge in [-0.2, -0.15) is 4.31 Å². The van der Waals surface area contributed by atoms with Gasteiger partial charge >= 0.3 is 0 Å². The van der Waals surface area contributed by atoms with Gasteiger partial charge in [0.05, 0.1) is 15.0 Å². The molecule has 1 saturated heterocycles. The maximum atomic E-state index is 13.2. The summed E-state index contributed by atoms with van der Waals surface area (Å²) in [5.41, 5.74) is 0. The Morgan fingerprint density at radius 1 is 0.958 bits per heavy atom. The molecule has 0 atom stereocenters. The highest BCUT2D eigenvalue weighted by molar-refractivity contribution is 7.92. The molecule has 0 aliphatic carbocycles. The molecule has 0 spiro atoms. The van der Waals surface area contributed by atoms with Crippen molar-refractivity contribution in [3.05, 3.63) is 59.4 Å². The van der Waals surface area contributed by atoms with Gasteiger partial charge in [0.15, 0.2) is 9.84 Å². The van der Waals surface area contributed by atoms with Crippen LogP contribution in [-0.2, 0) is 19.9 Å². The van der Waals surface area contributed by atoms with Gasteiger partial charge in [-0.1, -0.05) is 17.7 Å². The number of rotatable bonds is 4. The molecule has 24 heavy (non-hydrogen) atoms. The Bertz CT molecular complexity index is 969. The molecule has 9 heteroatoms. The van der Waals surface area contributed by atoms with Crippen molar-refractivity contribution in [3.63, 3.8) is 0 Å². The second-order valence-electron chi connectivity index (χ2n) is 5.40. The molecule has 0 amide bonds. The van der Waals surface area contributed by atoms with E-state index in [1.807, 2.05) is 0 Å². The first kappa shape index (κ1) is 17.3. The van der Waals surface area contributed by atoms with Crippen LogP contribution in [0.5, 0.6) is 0 Å². The largest absolute Gasteiger partial charge is 0.243 e. The first-order chi connectivity index (χ1) is 11.2. The molecule has 0 radical (unpaired) electrons. The van der Waals surface area contributed by atoms with Crippen molar-refractivity contribution in [2.75, 3.05) is 13.1 Å². The molecule has 0 bridgehead atoms. The lowest BCUT2D eigenvalue weighted by atomic mass is 10.3. The van der Waals surface area contributed by atoms with Crippen molar-refractivity contribution in [2.24, 2.45) is 0 Å². The Morgan fingerprint density at radius 2 is 1.58 bits per heavy atom. The molecule has 0 unspecified atom stereocenters. The Balaban J connectivity index is 1.78. The Kier molecular flexibility index (Phi) is 4.41. The van der Waals surface area contributed by atoms with Crippen LogP contribution in [-0.4, -0.2) is 39.5 Å². The third-order valence-corrected chi connectivity index (χ3v) is 8.01. The molecule has 5 nitrogen and oxygen atoms in total. The highest BCUT2D eigenvalue weighted by Crippen LogP contribution is 2.29. The Morgan fingerprint density at radius 3 is 2.17 bits per heavy atom. The van der Waals surface area contributed by atoms with Crippen LogP contribution in [0.15, 0.2) is 58.3 Å². The number of hydrogen-bond donors (Lipinski definition) is 0. The van der Waals surface area contributed by atoms with Gasteiger partial charge in [-0.3, -0.25) is 0 Å². The van der Waals surface area contributed by atoms with Crippen LogP contribution in [0, 0.1) is 5.82 Å². The summed E-state index contributed by atoms with van der Waals surface area (Å²) in [6.45, 7) is -0.326. The summed E-state index contributed by atoms with van der Waals surface area (Å²) in [7, 11) is -7.54. The normalized spacial score (nSPS) is 16.8. The summed E-state index contributed by atoms with van der Waals surface area (Å²) in [6, 6.07) is 10.3. The summed E-state index contributed by atoms with van der Waals surface area (Å²) in [5, 5.41) is -0.417. The van der Waals surface area contributed by atoms with Gasteiger partial charge in [0.2, 0.25) is 10.0 Å². The zero-order valence-corrected chi connectivity index (χ0v) is 14.7. The second kappa shape index (κ2) is 6.11. The zero-order chi connectivity index (χ0) is 17.5. The third-order valence-electron chi connectivity index (χ3n) is 3.83. The van der Waals surface area contributed by atoms with Crippen LogP contribution < -0.4 is 0 Å². The summed E-state index contributed by atoms with van der Waals surface area (Å²) >= 11 is 5.74. The van der Waals surface area contributed by atoms with E-state index in [0.29, 0.717) is 5.02 Å². The van der Waals surface area contributed by atoms with E-state index in [9.17, 15) is 21.2 Å². The Labute approximate surface area is 144 Å². The third kappa shape index (κ3) is 3.06. The molecule has 0 N–H and O–H groups in total. The van der Waals surface area contributed by atoms with Crippen molar-refractivity contribution in [2.45, 2.75) is 15.0 Å². The predicted octanol–water partition coefficient (Wildman–Crippen LogP) is 2.33.